The molecule has 0 amide bonds. The lowest BCUT2D eigenvalue weighted by atomic mass is 9.52. The van der Waals surface area contributed by atoms with E-state index in [1.807, 2.05) is 0 Å². The van der Waals surface area contributed by atoms with Gasteiger partial charge in [0.1, 0.15) is 5.54 Å². The molecule has 2 aliphatic rings. The average Bonchev–Trinajstić information content (AvgIpc) is 2.18. The van der Waals surface area contributed by atoms with Gasteiger partial charge in [-0.3, -0.25) is 4.79 Å². The zero-order valence-electron chi connectivity index (χ0n) is 9.80. The molecule has 0 aromatic heterocycles. The van der Waals surface area contributed by atoms with Crippen molar-refractivity contribution < 1.29 is 18.3 Å². The summed E-state index contributed by atoms with van der Waals surface area (Å²) in [5.41, 5.74) is 4.80. The molecular weight excluding hydrogens is 252 g/mol. The molecule has 0 bridgehead atoms. The topological polar surface area (TPSA) is 52.3 Å². The summed E-state index contributed by atoms with van der Waals surface area (Å²) in [7, 11) is 1.30. The molecule has 100 valence electrons. The van der Waals surface area contributed by atoms with E-state index in [0.717, 1.165) is 0 Å². The van der Waals surface area contributed by atoms with Crippen molar-refractivity contribution in [2.45, 2.75) is 50.0 Å². The van der Waals surface area contributed by atoms with Crippen LogP contribution in [0.4, 0.5) is 8.78 Å². The molecule has 0 unspecified atom stereocenters. The number of carbonyl (C=O) groups excluding carboxylic acids is 1. The van der Waals surface area contributed by atoms with E-state index in [1.165, 1.54) is 7.11 Å². The molecule has 0 aliphatic heterocycles. The predicted octanol–water partition coefficient (Wildman–Crippen LogP) is 2.27. The Morgan fingerprint density at radius 2 is 1.65 bits per heavy atom. The van der Waals surface area contributed by atoms with Crippen LogP contribution in [0, 0.1) is 5.41 Å². The number of halogens is 3. The van der Waals surface area contributed by atoms with Gasteiger partial charge < -0.3 is 10.5 Å². The Labute approximate surface area is 105 Å². The van der Waals surface area contributed by atoms with Crippen molar-refractivity contribution in [2.24, 2.45) is 11.1 Å². The quantitative estimate of drug-likeness (QED) is 0.743. The molecule has 2 saturated carbocycles. The lowest BCUT2D eigenvalue weighted by Crippen LogP contribution is -2.64. The number of rotatable bonds is 1. The summed E-state index contributed by atoms with van der Waals surface area (Å²) in [6.07, 6.45) is 1.76. The second-order valence-electron chi connectivity index (χ2n) is 5.36. The molecule has 2 rings (SSSR count). The van der Waals surface area contributed by atoms with Gasteiger partial charge in [-0.05, 0) is 31.1 Å². The average molecular weight is 270 g/mol. The van der Waals surface area contributed by atoms with E-state index in [1.54, 1.807) is 0 Å². The van der Waals surface area contributed by atoms with Crippen LogP contribution in [0.3, 0.4) is 0 Å². The number of hydrogen-bond donors (Lipinski definition) is 1. The van der Waals surface area contributed by atoms with Crippen LogP contribution >= 0.6 is 12.4 Å². The first-order valence-corrected chi connectivity index (χ1v) is 5.56. The second-order valence-corrected chi connectivity index (χ2v) is 5.36. The summed E-state index contributed by atoms with van der Waals surface area (Å²) < 4.78 is 30.6. The van der Waals surface area contributed by atoms with Crippen LogP contribution in [0.15, 0.2) is 0 Å². The van der Waals surface area contributed by atoms with Crippen molar-refractivity contribution in [2.75, 3.05) is 7.11 Å². The molecule has 0 saturated heterocycles. The van der Waals surface area contributed by atoms with Gasteiger partial charge >= 0.3 is 5.97 Å². The van der Waals surface area contributed by atoms with E-state index in [-0.39, 0.29) is 30.7 Å². The highest BCUT2D eigenvalue weighted by Gasteiger charge is 2.59. The van der Waals surface area contributed by atoms with Crippen LogP contribution in [-0.4, -0.2) is 24.5 Å². The third kappa shape index (κ3) is 2.55. The zero-order valence-corrected chi connectivity index (χ0v) is 10.6. The van der Waals surface area contributed by atoms with Gasteiger partial charge in [0.05, 0.1) is 7.11 Å². The molecule has 0 aromatic carbocycles. The highest BCUT2D eigenvalue weighted by atomic mass is 35.5. The summed E-state index contributed by atoms with van der Waals surface area (Å²) in [4.78, 5) is 11.4. The highest BCUT2D eigenvalue weighted by Crippen LogP contribution is 2.58. The van der Waals surface area contributed by atoms with Gasteiger partial charge in [0, 0.05) is 12.8 Å². The van der Waals surface area contributed by atoms with Gasteiger partial charge in [-0.1, -0.05) is 0 Å². The molecular formula is C11H18ClF2NO2. The van der Waals surface area contributed by atoms with Crippen molar-refractivity contribution in [1.82, 2.24) is 0 Å². The number of nitrogens with two attached hydrogens (primary N) is 1. The van der Waals surface area contributed by atoms with Crippen molar-refractivity contribution in [3.05, 3.63) is 0 Å². The smallest absolute Gasteiger partial charge is 0.325 e. The number of ether oxygens (including phenoxy) is 1. The van der Waals surface area contributed by atoms with E-state index in [4.69, 9.17) is 5.73 Å². The molecule has 2 N–H and O–H groups in total. The molecule has 3 nitrogen and oxygen atoms in total. The minimum Gasteiger partial charge on any atom is -0.468 e. The fourth-order valence-corrected chi connectivity index (χ4v) is 3.13. The molecule has 0 heterocycles. The monoisotopic (exact) mass is 269 g/mol. The largest absolute Gasteiger partial charge is 0.468 e. The van der Waals surface area contributed by atoms with E-state index >= 15 is 0 Å². The maximum atomic E-state index is 13.0. The Kier molecular flexibility index (Phi) is 3.75. The van der Waals surface area contributed by atoms with Crippen LogP contribution in [0.1, 0.15) is 38.5 Å². The van der Waals surface area contributed by atoms with Crippen molar-refractivity contribution in [3.63, 3.8) is 0 Å². The van der Waals surface area contributed by atoms with Crippen molar-refractivity contribution in [3.8, 4) is 0 Å². The van der Waals surface area contributed by atoms with Crippen LogP contribution in [0.5, 0.6) is 0 Å². The minimum absolute atomic E-state index is 0. The SMILES string of the molecule is COC(=O)C1(N)CC2(CCC(F)(F)CC2)C1.Cl. The van der Waals surface area contributed by atoms with E-state index in [0.29, 0.717) is 25.7 Å². The summed E-state index contributed by atoms with van der Waals surface area (Å²) in [5.74, 6) is -2.95. The number of methoxy groups -OCH3 is 1. The van der Waals surface area contributed by atoms with E-state index < -0.39 is 17.4 Å². The molecule has 1 spiro atoms. The van der Waals surface area contributed by atoms with Gasteiger partial charge in [0.15, 0.2) is 0 Å². The molecule has 0 radical (unpaired) electrons. The maximum Gasteiger partial charge on any atom is 0.325 e. The zero-order chi connectivity index (χ0) is 12.0. The van der Waals surface area contributed by atoms with E-state index in [9.17, 15) is 13.6 Å². The molecule has 2 aliphatic carbocycles. The Morgan fingerprint density at radius 1 is 1.18 bits per heavy atom. The molecule has 17 heavy (non-hydrogen) atoms. The Bertz CT molecular complexity index is 305. The van der Waals surface area contributed by atoms with Gasteiger partial charge in [-0.25, -0.2) is 8.78 Å². The normalized spacial score (nSPS) is 27.8. The molecule has 6 heteroatoms. The third-order valence-corrected chi connectivity index (χ3v) is 4.02. The number of carbonyl (C=O) groups is 1. The van der Waals surface area contributed by atoms with Crippen LogP contribution in [0.2, 0.25) is 0 Å². The first kappa shape index (κ1) is 14.6. The first-order valence-electron chi connectivity index (χ1n) is 5.56. The lowest BCUT2D eigenvalue weighted by Gasteiger charge is -2.55. The van der Waals surface area contributed by atoms with Crippen molar-refractivity contribution in [1.29, 1.82) is 0 Å². The standard InChI is InChI=1S/C11H17F2NO2.ClH/c1-16-8(15)10(14)6-9(7-10)2-4-11(12,13)5-3-9;/h2-7,14H2,1H3;1H. The first-order chi connectivity index (χ1) is 7.31. The predicted molar refractivity (Wildman–Crippen MR) is 61.3 cm³/mol. The van der Waals surface area contributed by atoms with Crippen LogP contribution in [-0.2, 0) is 9.53 Å². The van der Waals surface area contributed by atoms with Gasteiger partial charge in [-0.2, -0.15) is 0 Å². The molecule has 0 atom stereocenters. The Hall–Kier alpha value is -0.420. The van der Waals surface area contributed by atoms with Crippen molar-refractivity contribution >= 4 is 18.4 Å². The summed E-state index contributed by atoms with van der Waals surface area (Å²) in [6.45, 7) is 0. The molecule has 2 fully saturated rings. The number of hydrogen-bond acceptors (Lipinski definition) is 3. The van der Waals surface area contributed by atoms with Gasteiger partial charge in [0.25, 0.3) is 0 Å². The maximum absolute atomic E-state index is 13.0. The Morgan fingerprint density at radius 3 is 2.06 bits per heavy atom. The number of esters is 1. The lowest BCUT2D eigenvalue weighted by molar-refractivity contribution is -0.164. The fraction of sp³-hybridized carbons (Fsp3) is 0.909. The summed E-state index contributed by atoms with van der Waals surface area (Å²) in [5, 5.41) is 0. The fourth-order valence-electron chi connectivity index (χ4n) is 3.13. The Balaban J connectivity index is 0.00000144. The summed E-state index contributed by atoms with van der Waals surface area (Å²) >= 11 is 0. The third-order valence-electron chi connectivity index (χ3n) is 4.02. The van der Waals surface area contributed by atoms with Gasteiger partial charge in [-0.15, -0.1) is 12.4 Å². The van der Waals surface area contributed by atoms with Gasteiger partial charge in [0.2, 0.25) is 5.92 Å². The highest BCUT2D eigenvalue weighted by molar-refractivity contribution is 5.85. The molecule has 0 aromatic rings. The van der Waals surface area contributed by atoms with E-state index in [2.05, 4.69) is 4.74 Å². The minimum atomic E-state index is -2.52. The van der Waals surface area contributed by atoms with Crippen LogP contribution in [0.25, 0.3) is 0 Å². The summed E-state index contributed by atoms with van der Waals surface area (Å²) in [6, 6.07) is 0. The van der Waals surface area contributed by atoms with Crippen LogP contribution < -0.4 is 5.73 Å². The number of alkyl halides is 2. The second kappa shape index (κ2) is 4.35.